The van der Waals surface area contributed by atoms with Crippen LogP contribution in [0.25, 0.3) is 91.6 Å². The summed E-state index contributed by atoms with van der Waals surface area (Å²) in [6, 6.07) is 50.1. The van der Waals surface area contributed by atoms with Crippen molar-refractivity contribution in [3.63, 3.8) is 0 Å². The van der Waals surface area contributed by atoms with Crippen LogP contribution < -0.4 is 0 Å². The van der Waals surface area contributed by atoms with Crippen molar-refractivity contribution in [1.29, 1.82) is 0 Å². The van der Waals surface area contributed by atoms with Crippen LogP contribution in [-0.2, 0) is 0 Å². The van der Waals surface area contributed by atoms with Crippen molar-refractivity contribution < 1.29 is 0 Å². The Balaban J connectivity index is 1.41. The predicted molar refractivity (Wildman–Crippen MR) is 187 cm³/mol. The molecule has 3 aromatic heterocycles. The van der Waals surface area contributed by atoms with Crippen molar-refractivity contribution in [2.24, 2.45) is 0 Å². The van der Waals surface area contributed by atoms with E-state index in [2.05, 4.69) is 144 Å². The van der Waals surface area contributed by atoms with Crippen LogP contribution in [0.15, 0.2) is 140 Å². The molecule has 0 aliphatic carbocycles. The molecule has 0 aliphatic rings. The molecular weight excluding hydrogens is 555 g/mol. The summed E-state index contributed by atoms with van der Waals surface area (Å²) in [4.78, 5) is 11.9. The largest absolute Gasteiger partial charge is 0.292 e. The number of fused-ring (bicyclic) bond motifs is 10. The monoisotopic (exact) mass is 577 g/mol. The SMILES string of the molecule is c1ccc2cc(-c3nc4sc5ccccc5c4nc3-n3c4cc5ccccc5cc4c4c5ccccc5ccc43)ccc2c1. The van der Waals surface area contributed by atoms with Gasteiger partial charge in [0, 0.05) is 26.4 Å². The van der Waals surface area contributed by atoms with Crippen LogP contribution in [0.5, 0.6) is 0 Å². The zero-order chi connectivity index (χ0) is 28.8. The maximum atomic E-state index is 5.53. The van der Waals surface area contributed by atoms with E-state index in [9.17, 15) is 0 Å². The van der Waals surface area contributed by atoms with Crippen LogP contribution in [0.3, 0.4) is 0 Å². The number of aromatic nitrogens is 3. The molecular formula is C40H23N3S. The smallest absolute Gasteiger partial charge is 0.165 e. The fourth-order valence-electron chi connectivity index (χ4n) is 6.90. The minimum absolute atomic E-state index is 0.849. The van der Waals surface area contributed by atoms with Crippen molar-refractivity contribution in [2.75, 3.05) is 0 Å². The molecule has 0 atom stereocenters. The molecule has 0 unspecified atom stereocenters. The van der Waals surface area contributed by atoms with Crippen molar-refractivity contribution in [1.82, 2.24) is 14.5 Å². The normalized spacial score (nSPS) is 12.1. The zero-order valence-corrected chi connectivity index (χ0v) is 24.3. The molecule has 0 radical (unpaired) electrons. The lowest BCUT2D eigenvalue weighted by atomic mass is 10.0. The summed E-state index contributed by atoms with van der Waals surface area (Å²) in [6.07, 6.45) is 0. The lowest BCUT2D eigenvalue weighted by molar-refractivity contribution is 1.09. The summed E-state index contributed by atoms with van der Waals surface area (Å²) >= 11 is 1.71. The molecule has 0 bridgehead atoms. The van der Waals surface area contributed by atoms with Gasteiger partial charge in [0.15, 0.2) is 5.82 Å². The lowest BCUT2D eigenvalue weighted by Crippen LogP contribution is -2.03. The number of hydrogen-bond acceptors (Lipinski definition) is 3. The highest BCUT2D eigenvalue weighted by atomic mass is 32.1. The van der Waals surface area contributed by atoms with Gasteiger partial charge in [-0.1, -0.05) is 109 Å². The standard InChI is InChI=1S/C40H23N3S/c1-2-11-26-21-29(18-17-24(26)9-1)37-39(41-38-31-15-7-8-16-35(31)44-40(38)42-37)43-33-20-19-25-10-5-6-14-30(25)36(33)32-22-27-12-3-4-13-28(27)23-34(32)43/h1-23H. The van der Waals surface area contributed by atoms with E-state index in [4.69, 9.17) is 9.97 Å². The second-order valence-electron chi connectivity index (χ2n) is 11.4. The fraction of sp³-hybridized carbons (Fsp3) is 0. The van der Waals surface area contributed by atoms with E-state index in [1.807, 2.05) is 0 Å². The highest BCUT2D eigenvalue weighted by Crippen LogP contribution is 2.42. The highest BCUT2D eigenvalue weighted by molar-refractivity contribution is 7.25. The maximum absolute atomic E-state index is 5.53. The van der Waals surface area contributed by atoms with Gasteiger partial charge in [0.2, 0.25) is 0 Å². The van der Waals surface area contributed by atoms with Crippen molar-refractivity contribution in [2.45, 2.75) is 0 Å². The molecule has 3 nitrogen and oxygen atoms in total. The van der Waals surface area contributed by atoms with Crippen LogP contribution in [0.1, 0.15) is 0 Å². The maximum Gasteiger partial charge on any atom is 0.165 e. The summed E-state index contributed by atoms with van der Waals surface area (Å²) in [7, 11) is 0. The molecule has 10 aromatic rings. The van der Waals surface area contributed by atoms with Gasteiger partial charge in [-0.25, -0.2) is 9.97 Å². The molecule has 7 aromatic carbocycles. The van der Waals surface area contributed by atoms with E-state index in [-0.39, 0.29) is 0 Å². The van der Waals surface area contributed by atoms with Gasteiger partial charge in [-0.15, -0.1) is 11.3 Å². The number of nitrogens with zero attached hydrogens (tertiary/aromatic N) is 3. The topological polar surface area (TPSA) is 30.7 Å². The molecule has 4 heteroatoms. The average molecular weight is 578 g/mol. The summed E-state index contributed by atoms with van der Waals surface area (Å²) in [5.74, 6) is 0.849. The van der Waals surface area contributed by atoms with E-state index in [0.29, 0.717) is 0 Å². The molecule has 0 saturated heterocycles. The summed E-state index contributed by atoms with van der Waals surface area (Å²) in [6.45, 7) is 0. The molecule has 0 fully saturated rings. The van der Waals surface area contributed by atoms with E-state index in [1.165, 1.54) is 47.8 Å². The molecule has 10 rings (SSSR count). The molecule has 0 saturated carbocycles. The van der Waals surface area contributed by atoms with Gasteiger partial charge in [-0.3, -0.25) is 4.57 Å². The Bertz CT molecular complexity index is 2790. The van der Waals surface area contributed by atoms with Crippen LogP contribution in [0, 0.1) is 0 Å². The first-order valence-corrected chi connectivity index (χ1v) is 15.7. The lowest BCUT2D eigenvalue weighted by Gasteiger charge is -2.14. The van der Waals surface area contributed by atoms with Crippen LogP contribution in [0.2, 0.25) is 0 Å². The summed E-state index contributed by atoms with van der Waals surface area (Å²) < 4.78 is 3.55. The Morgan fingerprint density at radius 1 is 0.477 bits per heavy atom. The molecule has 0 aliphatic heterocycles. The number of rotatable bonds is 2. The predicted octanol–water partition coefficient (Wildman–Crippen LogP) is 11.1. The van der Waals surface area contributed by atoms with E-state index < -0.39 is 0 Å². The second-order valence-corrected chi connectivity index (χ2v) is 12.5. The summed E-state index contributed by atoms with van der Waals surface area (Å²) in [5, 5.41) is 10.9. The Morgan fingerprint density at radius 2 is 1.14 bits per heavy atom. The quantitative estimate of drug-likeness (QED) is 0.205. The molecule has 0 amide bonds. The Hall–Kier alpha value is -5.58. The van der Waals surface area contributed by atoms with Crippen molar-refractivity contribution in [3.05, 3.63) is 140 Å². The molecule has 204 valence electrons. The molecule has 3 heterocycles. The van der Waals surface area contributed by atoms with Gasteiger partial charge in [0.1, 0.15) is 16.0 Å². The number of hydrogen-bond donors (Lipinski definition) is 0. The highest BCUT2D eigenvalue weighted by Gasteiger charge is 2.22. The third-order valence-corrected chi connectivity index (χ3v) is 10.0. The first-order valence-electron chi connectivity index (χ1n) is 14.8. The molecule has 0 N–H and O–H groups in total. The number of benzene rings is 7. The molecule has 44 heavy (non-hydrogen) atoms. The summed E-state index contributed by atoms with van der Waals surface area (Å²) in [5.41, 5.74) is 5.15. The first kappa shape index (κ1) is 23.9. The fourth-order valence-corrected chi connectivity index (χ4v) is 7.92. The van der Waals surface area contributed by atoms with Gasteiger partial charge in [-0.05, 0) is 62.6 Å². The van der Waals surface area contributed by atoms with Crippen molar-refractivity contribution in [3.8, 4) is 17.1 Å². The van der Waals surface area contributed by atoms with Gasteiger partial charge < -0.3 is 0 Å². The van der Waals surface area contributed by atoms with Gasteiger partial charge in [0.25, 0.3) is 0 Å². The van der Waals surface area contributed by atoms with Gasteiger partial charge in [-0.2, -0.15) is 0 Å². The Morgan fingerprint density at radius 3 is 1.98 bits per heavy atom. The third kappa shape index (κ3) is 3.37. The van der Waals surface area contributed by atoms with E-state index in [1.54, 1.807) is 11.3 Å². The van der Waals surface area contributed by atoms with Gasteiger partial charge >= 0.3 is 0 Å². The van der Waals surface area contributed by atoms with Crippen LogP contribution >= 0.6 is 11.3 Å². The molecule has 0 spiro atoms. The Kier molecular flexibility index (Phi) is 4.87. The second kappa shape index (κ2) is 8.96. The van der Waals surface area contributed by atoms with Crippen molar-refractivity contribution >= 4 is 85.9 Å². The average Bonchev–Trinajstić information content (AvgIpc) is 3.61. The minimum atomic E-state index is 0.849. The van der Waals surface area contributed by atoms with Crippen LogP contribution in [0.4, 0.5) is 0 Å². The minimum Gasteiger partial charge on any atom is -0.292 e. The van der Waals surface area contributed by atoms with Crippen LogP contribution in [-0.4, -0.2) is 14.5 Å². The third-order valence-electron chi connectivity index (χ3n) is 8.95. The first-order chi connectivity index (χ1) is 21.8. The number of thiophene rings is 1. The van der Waals surface area contributed by atoms with Gasteiger partial charge in [0.05, 0.1) is 11.0 Å². The Labute approximate surface area is 256 Å². The zero-order valence-electron chi connectivity index (χ0n) is 23.5. The van der Waals surface area contributed by atoms with E-state index in [0.717, 1.165) is 43.8 Å². The van der Waals surface area contributed by atoms with E-state index >= 15 is 0 Å².